The Kier molecular flexibility index (Phi) is 4.42. The number of hydrogen-bond donors (Lipinski definition) is 0. The molecule has 2 aromatic rings. The molecule has 19 heavy (non-hydrogen) atoms. The standard InChI is InChI=1S/C15H13ClN2O/c1-11-2-4-12(5-3-11)14(19)8-9-17-15-7-6-13(16)10-18-15/h2-7,9-10H,8H2,1H3. The molecule has 1 aromatic heterocycles. The highest BCUT2D eigenvalue weighted by molar-refractivity contribution is 6.30. The van der Waals surface area contributed by atoms with E-state index < -0.39 is 0 Å². The number of aromatic nitrogens is 1. The van der Waals surface area contributed by atoms with Gasteiger partial charge in [0.25, 0.3) is 0 Å². The molecule has 1 aromatic carbocycles. The molecule has 0 saturated carbocycles. The Labute approximate surface area is 117 Å². The number of benzene rings is 1. The van der Waals surface area contributed by atoms with Crippen molar-refractivity contribution >= 4 is 29.4 Å². The molecule has 96 valence electrons. The van der Waals surface area contributed by atoms with Gasteiger partial charge < -0.3 is 0 Å². The summed E-state index contributed by atoms with van der Waals surface area (Å²) in [5, 5.41) is 0.565. The Morgan fingerprint density at radius 1 is 1.26 bits per heavy atom. The molecule has 0 aliphatic rings. The Balaban J connectivity index is 1.96. The number of aliphatic imine (C=N–C) groups is 1. The number of ketones is 1. The average molecular weight is 273 g/mol. The summed E-state index contributed by atoms with van der Waals surface area (Å²) in [7, 11) is 0. The van der Waals surface area contributed by atoms with Crippen LogP contribution in [0.3, 0.4) is 0 Å². The van der Waals surface area contributed by atoms with E-state index in [0.717, 1.165) is 5.56 Å². The Morgan fingerprint density at radius 3 is 2.63 bits per heavy atom. The van der Waals surface area contributed by atoms with Gasteiger partial charge in [0.1, 0.15) is 0 Å². The lowest BCUT2D eigenvalue weighted by atomic mass is 10.1. The number of halogens is 1. The van der Waals surface area contributed by atoms with Crippen LogP contribution in [0.25, 0.3) is 0 Å². The van der Waals surface area contributed by atoms with Crippen molar-refractivity contribution in [3.8, 4) is 0 Å². The topological polar surface area (TPSA) is 42.3 Å². The first-order valence-corrected chi connectivity index (χ1v) is 6.27. The molecule has 0 fully saturated rings. The van der Waals surface area contributed by atoms with Crippen molar-refractivity contribution in [2.24, 2.45) is 4.99 Å². The summed E-state index contributed by atoms with van der Waals surface area (Å²) in [5.74, 6) is 0.582. The third kappa shape index (κ3) is 4.00. The summed E-state index contributed by atoms with van der Waals surface area (Å²) in [6.07, 6.45) is 3.35. The number of carbonyl (C=O) groups is 1. The van der Waals surface area contributed by atoms with Crippen molar-refractivity contribution in [3.63, 3.8) is 0 Å². The zero-order chi connectivity index (χ0) is 13.7. The monoisotopic (exact) mass is 272 g/mol. The van der Waals surface area contributed by atoms with Gasteiger partial charge in [0, 0.05) is 24.4 Å². The fraction of sp³-hybridized carbons (Fsp3) is 0.133. The lowest BCUT2D eigenvalue weighted by Crippen LogP contribution is -1.99. The summed E-state index contributed by atoms with van der Waals surface area (Å²) < 4.78 is 0. The lowest BCUT2D eigenvalue weighted by Gasteiger charge is -1.98. The van der Waals surface area contributed by atoms with E-state index in [0.29, 0.717) is 16.4 Å². The molecule has 0 aliphatic heterocycles. The first kappa shape index (κ1) is 13.4. The number of rotatable bonds is 4. The van der Waals surface area contributed by atoms with Crippen LogP contribution in [-0.2, 0) is 0 Å². The number of carbonyl (C=O) groups excluding carboxylic acids is 1. The number of aryl methyl sites for hydroxylation is 1. The van der Waals surface area contributed by atoms with Gasteiger partial charge in [0.05, 0.1) is 5.02 Å². The van der Waals surface area contributed by atoms with Gasteiger partial charge in [0.2, 0.25) is 0 Å². The largest absolute Gasteiger partial charge is 0.294 e. The van der Waals surface area contributed by atoms with Crippen LogP contribution in [0.15, 0.2) is 47.6 Å². The number of nitrogens with zero attached hydrogens (tertiary/aromatic N) is 2. The molecule has 0 amide bonds. The summed E-state index contributed by atoms with van der Waals surface area (Å²) in [6.45, 7) is 1.99. The van der Waals surface area contributed by atoms with Gasteiger partial charge in [-0.05, 0) is 19.1 Å². The molecule has 1 heterocycles. The number of Topliss-reactive ketones (excluding diaryl/α,β-unsaturated/α-hetero) is 1. The first-order valence-electron chi connectivity index (χ1n) is 5.89. The van der Waals surface area contributed by atoms with E-state index in [1.807, 2.05) is 31.2 Å². The van der Waals surface area contributed by atoms with E-state index in [1.165, 1.54) is 6.20 Å². The maximum absolute atomic E-state index is 11.9. The second kappa shape index (κ2) is 6.25. The van der Waals surface area contributed by atoms with Gasteiger partial charge in [-0.1, -0.05) is 41.4 Å². The fourth-order valence-electron chi connectivity index (χ4n) is 1.52. The minimum Gasteiger partial charge on any atom is -0.294 e. The number of hydrogen-bond acceptors (Lipinski definition) is 3. The van der Waals surface area contributed by atoms with Crippen LogP contribution in [0, 0.1) is 6.92 Å². The van der Waals surface area contributed by atoms with Crippen LogP contribution in [-0.4, -0.2) is 17.0 Å². The van der Waals surface area contributed by atoms with Gasteiger partial charge in [-0.25, -0.2) is 9.98 Å². The van der Waals surface area contributed by atoms with Gasteiger partial charge in [-0.15, -0.1) is 0 Å². The molecule has 2 rings (SSSR count). The van der Waals surface area contributed by atoms with Crippen LogP contribution < -0.4 is 0 Å². The molecular formula is C15H13ClN2O. The molecular weight excluding hydrogens is 260 g/mol. The van der Waals surface area contributed by atoms with Crippen LogP contribution >= 0.6 is 11.6 Å². The summed E-state index contributed by atoms with van der Waals surface area (Å²) in [5.41, 5.74) is 1.83. The second-order valence-electron chi connectivity index (χ2n) is 4.14. The summed E-state index contributed by atoms with van der Waals surface area (Å²) >= 11 is 5.72. The molecule has 0 unspecified atom stereocenters. The van der Waals surface area contributed by atoms with E-state index in [1.54, 1.807) is 18.3 Å². The van der Waals surface area contributed by atoms with E-state index in [-0.39, 0.29) is 12.2 Å². The van der Waals surface area contributed by atoms with E-state index in [9.17, 15) is 4.79 Å². The molecule has 0 N–H and O–H groups in total. The number of pyridine rings is 1. The van der Waals surface area contributed by atoms with Crippen LogP contribution in [0.5, 0.6) is 0 Å². The molecule has 0 saturated heterocycles. The van der Waals surface area contributed by atoms with Gasteiger partial charge in [-0.3, -0.25) is 4.79 Å². The lowest BCUT2D eigenvalue weighted by molar-refractivity contribution is 0.100. The first-order chi connectivity index (χ1) is 9.15. The van der Waals surface area contributed by atoms with Crippen LogP contribution in [0.1, 0.15) is 22.3 Å². The Hall–Kier alpha value is -2.00. The maximum atomic E-state index is 11.9. The third-order valence-corrected chi connectivity index (χ3v) is 2.81. The zero-order valence-corrected chi connectivity index (χ0v) is 11.3. The maximum Gasteiger partial charge on any atom is 0.168 e. The summed E-state index contributed by atoms with van der Waals surface area (Å²) in [6, 6.07) is 10.9. The van der Waals surface area contributed by atoms with Gasteiger partial charge >= 0.3 is 0 Å². The Bertz CT molecular complexity index is 589. The van der Waals surface area contributed by atoms with Crippen molar-refractivity contribution in [2.45, 2.75) is 13.3 Å². The molecule has 0 aliphatic carbocycles. The van der Waals surface area contributed by atoms with Crippen molar-refractivity contribution in [3.05, 3.63) is 58.7 Å². The Morgan fingerprint density at radius 2 is 2.00 bits per heavy atom. The minimum absolute atomic E-state index is 0.0395. The molecule has 0 radical (unpaired) electrons. The predicted molar refractivity (Wildman–Crippen MR) is 77.5 cm³/mol. The highest BCUT2D eigenvalue weighted by atomic mass is 35.5. The SMILES string of the molecule is Cc1ccc(C(=O)CC=Nc2ccc(Cl)cn2)cc1. The molecule has 4 heteroatoms. The van der Waals surface area contributed by atoms with Crippen molar-refractivity contribution in [2.75, 3.05) is 0 Å². The zero-order valence-electron chi connectivity index (χ0n) is 10.5. The van der Waals surface area contributed by atoms with Gasteiger partial charge in [-0.2, -0.15) is 0 Å². The molecule has 3 nitrogen and oxygen atoms in total. The van der Waals surface area contributed by atoms with Crippen molar-refractivity contribution < 1.29 is 4.79 Å². The quantitative estimate of drug-likeness (QED) is 0.623. The fourth-order valence-corrected chi connectivity index (χ4v) is 1.64. The van der Waals surface area contributed by atoms with Crippen LogP contribution in [0.2, 0.25) is 5.02 Å². The normalized spacial score (nSPS) is 10.8. The van der Waals surface area contributed by atoms with Gasteiger partial charge in [0.15, 0.2) is 11.6 Å². The van der Waals surface area contributed by atoms with E-state index in [4.69, 9.17) is 11.6 Å². The third-order valence-electron chi connectivity index (χ3n) is 2.59. The molecule has 0 bridgehead atoms. The predicted octanol–water partition coefficient (Wildman–Crippen LogP) is 4.02. The van der Waals surface area contributed by atoms with Crippen LogP contribution in [0.4, 0.5) is 5.82 Å². The van der Waals surface area contributed by atoms with E-state index in [2.05, 4.69) is 9.98 Å². The molecule has 0 spiro atoms. The molecule has 0 atom stereocenters. The summed E-state index contributed by atoms with van der Waals surface area (Å²) in [4.78, 5) is 20.0. The second-order valence-corrected chi connectivity index (χ2v) is 4.58. The smallest absolute Gasteiger partial charge is 0.168 e. The van der Waals surface area contributed by atoms with Crippen molar-refractivity contribution in [1.82, 2.24) is 4.98 Å². The highest BCUT2D eigenvalue weighted by Gasteiger charge is 2.03. The minimum atomic E-state index is 0.0395. The highest BCUT2D eigenvalue weighted by Crippen LogP contribution is 2.12. The van der Waals surface area contributed by atoms with E-state index >= 15 is 0 Å². The van der Waals surface area contributed by atoms with Crippen molar-refractivity contribution in [1.29, 1.82) is 0 Å². The average Bonchev–Trinajstić information content (AvgIpc) is 2.41.